The molecule has 0 saturated carbocycles. The molecule has 4 rings (SSSR count). The van der Waals surface area contributed by atoms with Gasteiger partial charge in [-0.1, -0.05) is 41.9 Å². The Kier molecular flexibility index (Phi) is 6.45. The van der Waals surface area contributed by atoms with Crippen molar-refractivity contribution in [2.24, 2.45) is 7.05 Å². The fourth-order valence-corrected chi connectivity index (χ4v) is 4.96. The number of nitrogens with zero attached hydrogens (tertiary/aromatic N) is 3. The Hall–Kier alpha value is -3.62. The quantitative estimate of drug-likeness (QED) is 0.214. The van der Waals surface area contributed by atoms with E-state index in [1.54, 1.807) is 50.4 Å². The number of ether oxygens (including phenoxy) is 1. The monoisotopic (exact) mass is 495 g/mol. The van der Waals surface area contributed by atoms with E-state index in [9.17, 15) is 13.2 Å². The fourth-order valence-electron chi connectivity index (χ4n) is 3.49. The van der Waals surface area contributed by atoms with Crippen LogP contribution in [-0.2, 0) is 21.9 Å². The highest BCUT2D eigenvalue weighted by Gasteiger charge is 2.21. The van der Waals surface area contributed by atoms with Crippen molar-refractivity contribution in [2.45, 2.75) is 11.8 Å². The molecule has 0 bridgehead atoms. The van der Waals surface area contributed by atoms with Crippen LogP contribution in [0.5, 0.6) is 5.75 Å². The van der Waals surface area contributed by atoms with E-state index < -0.39 is 16.0 Å². The summed E-state index contributed by atoms with van der Waals surface area (Å²) in [7, 11) is -0.578. The third-order valence-corrected chi connectivity index (χ3v) is 7.61. The Balaban J connectivity index is 1.47. The second kappa shape index (κ2) is 9.32. The van der Waals surface area contributed by atoms with Gasteiger partial charge in [-0.05, 0) is 60.2 Å². The molecule has 0 N–H and O–H groups in total. The average Bonchev–Trinajstić information content (AvgIpc) is 3.07. The summed E-state index contributed by atoms with van der Waals surface area (Å²) in [6.45, 7) is 1.79. The van der Waals surface area contributed by atoms with Crippen LogP contribution in [0.25, 0.3) is 16.8 Å². The van der Waals surface area contributed by atoms with Gasteiger partial charge in [-0.3, -0.25) is 8.99 Å². The van der Waals surface area contributed by atoms with Crippen molar-refractivity contribution in [1.29, 1.82) is 0 Å². The number of fused-ring (bicyclic) bond motifs is 1. The number of hydrogen-bond acceptors (Lipinski definition) is 5. The molecule has 174 valence electrons. The highest BCUT2D eigenvalue weighted by Crippen LogP contribution is 2.27. The lowest BCUT2D eigenvalue weighted by Crippen LogP contribution is -2.26. The molecule has 4 aromatic rings. The zero-order valence-electron chi connectivity index (χ0n) is 18.8. The van der Waals surface area contributed by atoms with E-state index in [1.807, 2.05) is 24.3 Å². The predicted octanol–water partition coefficient (Wildman–Crippen LogP) is 4.98. The maximum atomic E-state index is 13.1. The van der Waals surface area contributed by atoms with Crippen LogP contribution < -0.4 is 9.04 Å². The minimum Gasteiger partial charge on any atom is -0.423 e. The summed E-state index contributed by atoms with van der Waals surface area (Å²) in [6, 6.07) is 18.8. The highest BCUT2D eigenvalue weighted by molar-refractivity contribution is 7.92. The van der Waals surface area contributed by atoms with Crippen molar-refractivity contribution in [3.63, 3.8) is 0 Å². The Bertz CT molecular complexity index is 1510. The minimum absolute atomic E-state index is 0.193. The maximum absolute atomic E-state index is 13.1. The third kappa shape index (κ3) is 4.69. The van der Waals surface area contributed by atoms with Crippen molar-refractivity contribution in [3.8, 4) is 5.75 Å². The minimum atomic E-state index is -3.77. The molecule has 9 heteroatoms. The topological polar surface area (TPSA) is 81.5 Å². The lowest BCUT2D eigenvalue weighted by Gasteiger charge is -2.20. The molecule has 0 unspecified atom stereocenters. The number of aromatic nitrogens is 2. The van der Waals surface area contributed by atoms with Crippen LogP contribution in [0.15, 0.2) is 77.7 Å². The van der Waals surface area contributed by atoms with E-state index >= 15 is 0 Å². The van der Waals surface area contributed by atoms with Crippen LogP contribution in [-0.4, -0.2) is 31.2 Å². The third-order valence-electron chi connectivity index (χ3n) is 5.38. The summed E-state index contributed by atoms with van der Waals surface area (Å²) in [4.78, 5) is 12.4. The SMILES string of the molecule is Cc1nn(C)c(Cl)c1/C=C/C(=O)Oc1ccc(N(C)S(=O)(=O)c2ccc3ccccc3c2)cc1. The number of halogens is 1. The van der Waals surface area contributed by atoms with Gasteiger partial charge in [0.2, 0.25) is 0 Å². The Morgan fingerprint density at radius 1 is 1.06 bits per heavy atom. The maximum Gasteiger partial charge on any atom is 0.336 e. The molecule has 0 aliphatic heterocycles. The summed E-state index contributed by atoms with van der Waals surface area (Å²) in [6.07, 6.45) is 2.81. The molecule has 3 aromatic carbocycles. The number of aryl methyl sites for hydroxylation is 2. The second-order valence-corrected chi connectivity index (χ2v) is 9.97. The molecular formula is C25H22ClN3O4S. The average molecular weight is 496 g/mol. The predicted molar refractivity (Wildman–Crippen MR) is 134 cm³/mol. The summed E-state index contributed by atoms with van der Waals surface area (Å²) in [5, 5.41) is 6.41. The first-order chi connectivity index (χ1) is 16.2. The smallest absolute Gasteiger partial charge is 0.336 e. The Morgan fingerprint density at radius 2 is 1.74 bits per heavy atom. The largest absolute Gasteiger partial charge is 0.423 e. The zero-order valence-corrected chi connectivity index (χ0v) is 20.3. The van der Waals surface area contributed by atoms with Gasteiger partial charge in [-0.2, -0.15) is 5.10 Å². The first-order valence-corrected chi connectivity index (χ1v) is 12.2. The van der Waals surface area contributed by atoms with Gasteiger partial charge in [0.05, 0.1) is 16.3 Å². The van der Waals surface area contributed by atoms with Gasteiger partial charge in [-0.25, -0.2) is 13.2 Å². The number of esters is 1. The van der Waals surface area contributed by atoms with Gasteiger partial charge >= 0.3 is 5.97 Å². The van der Waals surface area contributed by atoms with Crippen molar-refractivity contribution in [3.05, 3.63) is 89.2 Å². The number of carbonyl (C=O) groups is 1. The zero-order chi connectivity index (χ0) is 24.5. The number of carbonyl (C=O) groups excluding carboxylic acids is 1. The van der Waals surface area contributed by atoms with Crippen LogP contribution in [0.1, 0.15) is 11.3 Å². The van der Waals surface area contributed by atoms with E-state index in [4.69, 9.17) is 16.3 Å². The normalized spacial score (nSPS) is 11.8. The Morgan fingerprint density at radius 3 is 2.38 bits per heavy atom. The molecule has 34 heavy (non-hydrogen) atoms. The van der Waals surface area contributed by atoms with Gasteiger partial charge in [0.1, 0.15) is 10.9 Å². The van der Waals surface area contributed by atoms with E-state index in [0.717, 1.165) is 10.8 Å². The lowest BCUT2D eigenvalue weighted by molar-refractivity contribution is -0.128. The summed E-state index contributed by atoms with van der Waals surface area (Å²) < 4.78 is 34.3. The molecular weight excluding hydrogens is 474 g/mol. The van der Waals surface area contributed by atoms with Gasteiger partial charge in [-0.15, -0.1) is 0 Å². The van der Waals surface area contributed by atoms with Crippen molar-refractivity contribution in [2.75, 3.05) is 11.4 Å². The number of anilines is 1. The Labute approximate surface area is 202 Å². The fraction of sp³-hybridized carbons (Fsp3) is 0.120. The van der Waals surface area contributed by atoms with Crippen LogP contribution >= 0.6 is 11.6 Å². The first kappa shape index (κ1) is 23.5. The molecule has 0 spiro atoms. The van der Waals surface area contributed by atoms with Crippen molar-refractivity contribution < 1.29 is 17.9 Å². The van der Waals surface area contributed by atoms with E-state index in [-0.39, 0.29) is 10.6 Å². The van der Waals surface area contributed by atoms with Crippen LogP contribution in [0.4, 0.5) is 5.69 Å². The molecule has 0 amide bonds. The van der Waals surface area contributed by atoms with E-state index in [2.05, 4.69) is 5.10 Å². The van der Waals surface area contributed by atoms with Crippen molar-refractivity contribution >= 4 is 50.1 Å². The van der Waals surface area contributed by atoms with Crippen LogP contribution in [0.3, 0.4) is 0 Å². The van der Waals surface area contributed by atoms with Gasteiger partial charge in [0.15, 0.2) is 0 Å². The number of sulfonamides is 1. The van der Waals surface area contributed by atoms with E-state index in [1.165, 1.54) is 34.2 Å². The van der Waals surface area contributed by atoms with E-state index in [0.29, 0.717) is 22.1 Å². The van der Waals surface area contributed by atoms with Crippen LogP contribution in [0.2, 0.25) is 5.15 Å². The van der Waals surface area contributed by atoms with Gasteiger partial charge in [0.25, 0.3) is 10.0 Å². The second-order valence-electron chi connectivity index (χ2n) is 7.64. The summed E-state index contributed by atoms with van der Waals surface area (Å²) >= 11 is 6.16. The first-order valence-electron chi connectivity index (χ1n) is 10.3. The van der Waals surface area contributed by atoms with Crippen molar-refractivity contribution in [1.82, 2.24) is 9.78 Å². The number of benzene rings is 3. The van der Waals surface area contributed by atoms with Crippen LogP contribution in [0, 0.1) is 6.92 Å². The molecule has 0 radical (unpaired) electrons. The molecule has 0 aliphatic carbocycles. The molecule has 0 atom stereocenters. The molecule has 7 nitrogen and oxygen atoms in total. The molecule has 1 aromatic heterocycles. The standard InChI is InChI=1S/C25H22ClN3O4S/c1-17-23(25(26)28(2)27-17)14-15-24(30)33-21-11-9-20(10-12-21)29(3)34(31,32)22-13-8-18-6-4-5-7-19(18)16-22/h4-16H,1-3H3/b15-14+. The lowest BCUT2D eigenvalue weighted by atomic mass is 10.1. The summed E-state index contributed by atoms with van der Waals surface area (Å²) in [5.74, 6) is -0.312. The summed E-state index contributed by atoms with van der Waals surface area (Å²) in [5.41, 5.74) is 1.76. The molecule has 0 saturated heterocycles. The number of rotatable bonds is 6. The molecule has 0 aliphatic rings. The molecule has 0 fully saturated rings. The number of hydrogen-bond donors (Lipinski definition) is 0. The van der Waals surface area contributed by atoms with Gasteiger partial charge < -0.3 is 4.74 Å². The highest BCUT2D eigenvalue weighted by atomic mass is 35.5. The van der Waals surface area contributed by atoms with Gasteiger partial charge in [0, 0.05) is 25.7 Å². The molecule has 1 heterocycles.